The Kier molecular flexibility index (Phi) is 3.21. The lowest BCUT2D eigenvalue weighted by Crippen LogP contribution is -2.01. The summed E-state index contributed by atoms with van der Waals surface area (Å²) in [6.45, 7) is 2.80. The SMILES string of the molecule is Cc1ccc(CNc2nc3c(Br)cccn3n2)cc1. The van der Waals surface area contributed by atoms with Crippen LogP contribution in [0.4, 0.5) is 5.95 Å². The average molecular weight is 317 g/mol. The Morgan fingerprint density at radius 2 is 2.00 bits per heavy atom. The Labute approximate surface area is 119 Å². The molecular weight excluding hydrogens is 304 g/mol. The van der Waals surface area contributed by atoms with Crippen LogP contribution in [0.1, 0.15) is 11.1 Å². The Hall–Kier alpha value is -1.88. The minimum Gasteiger partial charge on any atom is -0.349 e. The van der Waals surface area contributed by atoms with Gasteiger partial charge in [0.1, 0.15) is 0 Å². The van der Waals surface area contributed by atoms with E-state index >= 15 is 0 Å². The van der Waals surface area contributed by atoms with Crippen molar-refractivity contribution in [3.05, 3.63) is 58.2 Å². The normalized spacial score (nSPS) is 10.8. The molecule has 0 bridgehead atoms. The van der Waals surface area contributed by atoms with E-state index in [-0.39, 0.29) is 0 Å². The van der Waals surface area contributed by atoms with Crippen LogP contribution in [0.3, 0.4) is 0 Å². The van der Waals surface area contributed by atoms with Crippen LogP contribution in [0.2, 0.25) is 0 Å². The second-order valence-electron chi connectivity index (χ2n) is 4.40. The number of nitrogens with zero attached hydrogens (tertiary/aromatic N) is 3. The minimum absolute atomic E-state index is 0.632. The van der Waals surface area contributed by atoms with Gasteiger partial charge in [0.05, 0.1) is 4.47 Å². The molecule has 3 rings (SSSR count). The zero-order valence-corrected chi connectivity index (χ0v) is 12.1. The molecule has 5 heteroatoms. The molecule has 19 heavy (non-hydrogen) atoms. The molecule has 1 N–H and O–H groups in total. The van der Waals surface area contributed by atoms with Crippen LogP contribution < -0.4 is 5.32 Å². The van der Waals surface area contributed by atoms with E-state index in [1.807, 2.05) is 18.3 Å². The molecule has 4 nitrogen and oxygen atoms in total. The predicted molar refractivity (Wildman–Crippen MR) is 79.2 cm³/mol. The van der Waals surface area contributed by atoms with Gasteiger partial charge in [0.2, 0.25) is 5.95 Å². The lowest BCUT2D eigenvalue weighted by Gasteiger charge is -2.02. The van der Waals surface area contributed by atoms with E-state index < -0.39 is 0 Å². The van der Waals surface area contributed by atoms with Gasteiger partial charge in [-0.1, -0.05) is 29.8 Å². The second kappa shape index (κ2) is 5.01. The van der Waals surface area contributed by atoms with Crippen molar-refractivity contribution in [2.75, 3.05) is 5.32 Å². The summed E-state index contributed by atoms with van der Waals surface area (Å²) in [6, 6.07) is 12.3. The van der Waals surface area contributed by atoms with Crippen molar-refractivity contribution >= 4 is 27.5 Å². The van der Waals surface area contributed by atoms with Crippen LogP contribution in [0, 0.1) is 6.92 Å². The smallest absolute Gasteiger partial charge is 0.243 e. The lowest BCUT2D eigenvalue weighted by molar-refractivity contribution is 0.948. The van der Waals surface area contributed by atoms with Gasteiger partial charge in [0, 0.05) is 12.7 Å². The van der Waals surface area contributed by atoms with Crippen LogP contribution >= 0.6 is 15.9 Å². The zero-order valence-electron chi connectivity index (χ0n) is 10.5. The number of fused-ring (bicyclic) bond motifs is 1. The van der Waals surface area contributed by atoms with E-state index in [0.29, 0.717) is 5.95 Å². The highest BCUT2D eigenvalue weighted by Crippen LogP contribution is 2.17. The van der Waals surface area contributed by atoms with E-state index in [4.69, 9.17) is 0 Å². The van der Waals surface area contributed by atoms with Crippen LogP contribution in [0.25, 0.3) is 5.65 Å². The summed E-state index contributed by atoms with van der Waals surface area (Å²) >= 11 is 3.46. The van der Waals surface area contributed by atoms with Gasteiger partial charge in [-0.05, 0) is 40.5 Å². The fraction of sp³-hybridized carbons (Fsp3) is 0.143. The molecular formula is C14H13BrN4. The zero-order chi connectivity index (χ0) is 13.2. The maximum absolute atomic E-state index is 4.44. The molecule has 0 atom stereocenters. The first-order valence-electron chi connectivity index (χ1n) is 6.03. The highest BCUT2D eigenvalue weighted by atomic mass is 79.9. The van der Waals surface area contributed by atoms with Gasteiger partial charge in [0.25, 0.3) is 0 Å². The first kappa shape index (κ1) is 12.2. The number of halogens is 1. The second-order valence-corrected chi connectivity index (χ2v) is 5.25. The van der Waals surface area contributed by atoms with Gasteiger partial charge in [-0.25, -0.2) is 4.52 Å². The van der Waals surface area contributed by atoms with Gasteiger partial charge in [-0.15, -0.1) is 5.10 Å². The number of hydrogen-bond donors (Lipinski definition) is 1. The molecule has 0 aliphatic carbocycles. The number of anilines is 1. The number of pyridine rings is 1. The Morgan fingerprint density at radius 3 is 2.74 bits per heavy atom. The molecule has 2 heterocycles. The highest BCUT2D eigenvalue weighted by molar-refractivity contribution is 9.10. The van der Waals surface area contributed by atoms with E-state index in [0.717, 1.165) is 16.7 Å². The van der Waals surface area contributed by atoms with Gasteiger partial charge in [-0.2, -0.15) is 4.98 Å². The Balaban J connectivity index is 1.78. The number of benzene rings is 1. The molecule has 0 spiro atoms. The third kappa shape index (κ3) is 2.61. The van der Waals surface area contributed by atoms with Crippen LogP contribution in [-0.4, -0.2) is 14.6 Å². The van der Waals surface area contributed by atoms with E-state index in [9.17, 15) is 0 Å². The first-order valence-corrected chi connectivity index (χ1v) is 6.82. The summed E-state index contributed by atoms with van der Waals surface area (Å²) in [5.41, 5.74) is 3.29. The van der Waals surface area contributed by atoms with Gasteiger partial charge in [-0.3, -0.25) is 0 Å². The molecule has 0 amide bonds. The Morgan fingerprint density at radius 1 is 1.21 bits per heavy atom. The highest BCUT2D eigenvalue weighted by Gasteiger charge is 2.05. The lowest BCUT2D eigenvalue weighted by atomic mass is 10.1. The molecule has 0 aliphatic heterocycles. The molecule has 0 radical (unpaired) electrons. The molecule has 1 aromatic carbocycles. The maximum Gasteiger partial charge on any atom is 0.243 e. The number of aromatic nitrogens is 3. The summed E-state index contributed by atoms with van der Waals surface area (Å²) in [5.74, 6) is 0.632. The van der Waals surface area contributed by atoms with E-state index in [2.05, 4.69) is 62.5 Å². The maximum atomic E-state index is 4.44. The molecule has 0 fully saturated rings. The van der Waals surface area contributed by atoms with Crippen LogP contribution in [0.15, 0.2) is 47.1 Å². The molecule has 2 aromatic heterocycles. The summed E-state index contributed by atoms with van der Waals surface area (Å²) in [6.07, 6.45) is 1.88. The van der Waals surface area contributed by atoms with Crippen molar-refractivity contribution in [1.29, 1.82) is 0 Å². The first-order chi connectivity index (χ1) is 9.22. The largest absolute Gasteiger partial charge is 0.349 e. The molecule has 96 valence electrons. The third-order valence-corrected chi connectivity index (χ3v) is 3.50. The van der Waals surface area contributed by atoms with Crippen molar-refractivity contribution in [1.82, 2.24) is 14.6 Å². The van der Waals surface area contributed by atoms with Gasteiger partial charge in [0.15, 0.2) is 5.65 Å². The number of nitrogens with one attached hydrogen (secondary N) is 1. The van der Waals surface area contributed by atoms with Crippen molar-refractivity contribution in [3.63, 3.8) is 0 Å². The monoisotopic (exact) mass is 316 g/mol. The fourth-order valence-corrected chi connectivity index (χ4v) is 2.26. The van der Waals surface area contributed by atoms with Crippen LogP contribution in [-0.2, 0) is 6.54 Å². The quantitative estimate of drug-likeness (QED) is 0.805. The Bertz CT molecular complexity index is 703. The molecule has 0 saturated carbocycles. The van der Waals surface area contributed by atoms with Crippen LogP contribution in [0.5, 0.6) is 0 Å². The van der Waals surface area contributed by atoms with Gasteiger partial charge < -0.3 is 5.32 Å². The van der Waals surface area contributed by atoms with Gasteiger partial charge >= 0.3 is 0 Å². The summed E-state index contributed by atoms with van der Waals surface area (Å²) in [5, 5.41) is 7.60. The topological polar surface area (TPSA) is 42.2 Å². The summed E-state index contributed by atoms with van der Waals surface area (Å²) < 4.78 is 2.69. The van der Waals surface area contributed by atoms with E-state index in [1.165, 1.54) is 11.1 Å². The molecule has 3 aromatic rings. The number of hydrogen-bond acceptors (Lipinski definition) is 3. The molecule has 0 aliphatic rings. The van der Waals surface area contributed by atoms with Crippen molar-refractivity contribution in [3.8, 4) is 0 Å². The van der Waals surface area contributed by atoms with Crippen molar-refractivity contribution in [2.45, 2.75) is 13.5 Å². The van der Waals surface area contributed by atoms with Crippen molar-refractivity contribution in [2.24, 2.45) is 0 Å². The standard InChI is InChI=1S/C14H13BrN4/c1-10-4-6-11(7-5-10)9-16-14-17-13-12(15)3-2-8-19(13)18-14/h2-8H,9H2,1H3,(H,16,18). The third-order valence-electron chi connectivity index (χ3n) is 2.89. The predicted octanol–water partition coefficient (Wildman–Crippen LogP) is 3.41. The average Bonchev–Trinajstić information content (AvgIpc) is 2.83. The molecule has 0 saturated heterocycles. The van der Waals surface area contributed by atoms with Crippen molar-refractivity contribution < 1.29 is 0 Å². The fourth-order valence-electron chi connectivity index (χ4n) is 1.84. The summed E-state index contributed by atoms with van der Waals surface area (Å²) in [4.78, 5) is 4.44. The number of rotatable bonds is 3. The minimum atomic E-state index is 0.632. The summed E-state index contributed by atoms with van der Waals surface area (Å²) in [7, 11) is 0. The van der Waals surface area contributed by atoms with E-state index in [1.54, 1.807) is 4.52 Å². The number of aryl methyl sites for hydroxylation is 1. The molecule has 0 unspecified atom stereocenters.